The Hall–Kier alpha value is -1.36. The van der Waals surface area contributed by atoms with Crippen molar-refractivity contribution in [2.45, 2.75) is 37.1 Å². The Morgan fingerprint density at radius 3 is 2.13 bits per heavy atom. The molecule has 0 aliphatic carbocycles. The van der Waals surface area contributed by atoms with Crippen molar-refractivity contribution in [3.63, 3.8) is 0 Å². The summed E-state index contributed by atoms with van der Waals surface area (Å²) in [6, 6.07) is 4.46. The van der Waals surface area contributed by atoms with Gasteiger partial charge in [0, 0.05) is 0 Å². The molecule has 3 unspecified atom stereocenters. The van der Waals surface area contributed by atoms with Gasteiger partial charge in [0.25, 0.3) is 0 Å². The van der Waals surface area contributed by atoms with Crippen LogP contribution in [0.1, 0.15) is 20.8 Å². The molecule has 0 saturated heterocycles. The molecule has 2 N–H and O–H groups in total. The zero-order valence-electron chi connectivity index (χ0n) is 13.2. The lowest BCUT2D eigenvalue weighted by Gasteiger charge is -2.32. The van der Waals surface area contributed by atoms with Crippen LogP contribution in [0.25, 0.3) is 0 Å². The fourth-order valence-corrected chi connectivity index (χ4v) is 4.18. The highest BCUT2D eigenvalue weighted by Gasteiger charge is 2.40. The van der Waals surface area contributed by atoms with Crippen LogP contribution < -0.4 is 9.46 Å². The van der Waals surface area contributed by atoms with E-state index in [-0.39, 0.29) is 4.90 Å². The number of ether oxygens (including phenoxy) is 1. The number of hydrogen-bond donors (Lipinski definition) is 2. The third-order valence-electron chi connectivity index (χ3n) is 3.18. The van der Waals surface area contributed by atoms with Crippen molar-refractivity contribution in [3.05, 3.63) is 29.2 Å². The van der Waals surface area contributed by atoms with Gasteiger partial charge >= 0.3 is 0 Å². The molecule has 0 aliphatic heterocycles. The third-order valence-corrected chi connectivity index (χ3v) is 5.41. The maximum atomic E-state index is 12.5. The molecule has 0 radical (unpaired) electrons. The van der Waals surface area contributed by atoms with E-state index < -0.39 is 37.9 Å². The van der Waals surface area contributed by atoms with Crippen molar-refractivity contribution in [1.82, 2.24) is 4.72 Å². The monoisotopic (exact) mass is 364 g/mol. The summed E-state index contributed by atoms with van der Waals surface area (Å²) in [5.74, 6) is 0.486. The largest absolute Gasteiger partial charge is 0.497 e. The number of sulfonamides is 1. The number of nitroso groups, excluding NO2 is 1. The lowest BCUT2D eigenvalue weighted by atomic mass is 9.87. The summed E-state index contributed by atoms with van der Waals surface area (Å²) in [6.07, 6.45) is 0. The van der Waals surface area contributed by atoms with Crippen LogP contribution >= 0.6 is 0 Å². The smallest absolute Gasteiger partial charge is 0.240 e. The molecule has 10 heteroatoms. The van der Waals surface area contributed by atoms with Crippen LogP contribution in [0, 0.1) is 10.3 Å². The average molecular weight is 364 g/mol. The summed E-state index contributed by atoms with van der Waals surface area (Å²) >= 11 is -2.60. The topological polar surface area (TPSA) is 122 Å². The molecular weight excluding hydrogens is 344 g/mol. The summed E-state index contributed by atoms with van der Waals surface area (Å²) < 4.78 is 52.7. The Morgan fingerprint density at radius 1 is 1.26 bits per heavy atom. The number of benzene rings is 1. The first-order chi connectivity index (χ1) is 10.5. The maximum Gasteiger partial charge on any atom is 0.240 e. The molecule has 0 aromatic heterocycles. The predicted octanol–water partition coefficient (Wildman–Crippen LogP) is 1.70. The van der Waals surface area contributed by atoms with E-state index in [2.05, 4.69) is 9.90 Å². The van der Waals surface area contributed by atoms with Crippen LogP contribution in [0.15, 0.2) is 34.3 Å². The molecule has 0 bridgehead atoms. The molecule has 1 aromatic carbocycles. The number of methoxy groups -OCH3 is 1. The van der Waals surface area contributed by atoms with E-state index in [1.807, 2.05) is 0 Å². The lowest BCUT2D eigenvalue weighted by Crippen LogP contribution is -2.51. The van der Waals surface area contributed by atoms with E-state index in [0.717, 1.165) is 0 Å². The van der Waals surface area contributed by atoms with Crippen LogP contribution in [0.3, 0.4) is 0 Å². The molecule has 3 atom stereocenters. The molecule has 1 aromatic rings. The van der Waals surface area contributed by atoms with Gasteiger partial charge in [-0.15, -0.1) is 4.91 Å². The standard InChI is InChI=1S/C13H20N2O6S2/c1-13(2,3)11(12(14-16)22(17)18)15-23(19,20)10-7-5-9(21-4)6-8-10/h5-8,11-12,15H,1-4H3,(H,17,18). The molecule has 0 heterocycles. The molecule has 0 aliphatic rings. The first kappa shape index (κ1) is 19.7. The van der Waals surface area contributed by atoms with E-state index >= 15 is 0 Å². The van der Waals surface area contributed by atoms with Gasteiger partial charge in [0.15, 0.2) is 11.1 Å². The Labute approximate surface area is 137 Å². The maximum absolute atomic E-state index is 12.5. The van der Waals surface area contributed by atoms with Crippen LogP contribution in [0.4, 0.5) is 0 Å². The van der Waals surface area contributed by atoms with Crippen LogP contribution in [0.2, 0.25) is 0 Å². The summed E-state index contributed by atoms with van der Waals surface area (Å²) in [7, 11) is -2.55. The number of hydrogen-bond acceptors (Lipinski definition) is 6. The van der Waals surface area contributed by atoms with E-state index in [9.17, 15) is 22.1 Å². The van der Waals surface area contributed by atoms with Gasteiger partial charge < -0.3 is 9.29 Å². The van der Waals surface area contributed by atoms with Crippen LogP contribution in [-0.4, -0.2) is 35.7 Å². The van der Waals surface area contributed by atoms with Gasteiger partial charge in [0.2, 0.25) is 15.4 Å². The molecule has 0 saturated carbocycles. The second kappa shape index (κ2) is 7.47. The van der Waals surface area contributed by atoms with Crippen molar-refractivity contribution < 1.29 is 21.9 Å². The van der Waals surface area contributed by atoms with Gasteiger partial charge in [0.1, 0.15) is 5.75 Å². The average Bonchev–Trinajstić information content (AvgIpc) is 2.45. The molecule has 130 valence electrons. The first-order valence-electron chi connectivity index (χ1n) is 6.61. The molecule has 0 spiro atoms. The van der Waals surface area contributed by atoms with Crippen molar-refractivity contribution >= 4 is 21.1 Å². The summed E-state index contributed by atoms with van der Waals surface area (Å²) in [5, 5.41) is 0.990. The number of nitrogens with one attached hydrogen (secondary N) is 1. The highest BCUT2D eigenvalue weighted by molar-refractivity contribution is 7.89. The van der Waals surface area contributed by atoms with Crippen molar-refractivity contribution in [2.75, 3.05) is 7.11 Å². The van der Waals surface area contributed by atoms with Crippen molar-refractivity contribution in [3.8, 4) is 5.75 Å². The van der Waals surface area contributed by atoms with Gasteiger partial charge in [-0.2, -0.15) is 0 Å². The van der Waals surface area contributed by atoms with E-state index in [4.69, 9.17) is 4.74 Å². The minimum absolute atomic E-state index is 0.0547. The van der Waals surface area contributed by atoms with Gasteiger partial charge in [-0.25, -0.2) is 17.3 Å². The SMILES string of the molecule is COc1ccc(S(=O)(=O)NC(C(N=O)S(=O)O)C(C)(C)C)cc1. The third kappa shape index (κ3) is 5.06. The molecule has 0 fully saturated rings. The molecule has 0 amide bonds. The van der Waals surface area contributed by atoms with Gasteiger partial charge in [0.05, 0.1) is 18.0 Å². The first-order valence-corrected chi connectivity index (χ1v) is 9.26. The molecular formula is C13H20N2O6S2. The Balaban J connectivity index is 3.19. The zero-order valence-corrected chi connectivity index (χ0v) is 14.8. The normalized spacial score (nSPS) is 16.4. The Kier molecular flexibility index (Phi) is 6.40. The quantitative estimate of drug-likeness (QED) is 0.561. The van der Waals surface area contributed by atoms with Crippen LogP contribution in [0.5, 0.6) is 5.75 Å². The van der Waals surface area contributed by atoms with Gasteiger partial charge in [-0.3, -0.25) is 0 Å². The molecule has 1 rings (SSSR count). The second-order valence-electron chi connectivity index (χ2n) is 5.91. The Bertz CT molecular complexity index is 667. The minimum atomic E-state index is -4.01. The second-order valence-corrected chi connectivity index (χ2v) is 8.66. The van der Waals surface area contributed by atoms with Crippen molar-refractivity contribution in [2.24, 2.45) is 10.6 Å². The van der Waals surface area contributed by atoms with E-state index in [1.165, 1.54) is 31.4 Å². The van der Waals surface area contributed by atoms with Crippen molar-refractivity contribution in [1.29, 1.82) is 0 Å². The predicted molar refractivity (Wildman–Crippen MR) is 86.9 cm³/mol. The fraction of sp³-hybridized carbons (Fsp3) is 0.538. The highest BCUT2D eigenvalue weighted by Crippen LogP contribution is 2.27. The van der Waals surface area contributed by atoms with E-state index in [0.29, 0.717) is 5.75 Å². The zero-order chi connectivity index (χ0) is 17.8. The number of rotatable bonds is 7. The summed E-state index contributed by atoms with van der Waals surface area (Å²) in [6.45, 7) is 4.91. The molecule has 8 nitrogen and oxygen atoms in total. The summed E-state index contributed by atoms with van der Waals surface area (Å²) in [5.41, 5.74) is -0.809. The highest BCUT2D eigenvalue weighted by atomic mass is 32.2. The van der Waals surface area contributed by atoms with Gasteiger partial charge in [-0.1, -0.05) is 20.8 Å². The fourth-order valence-electron chi connectivity index (χ4n) is 1.87. The van der Waals surface area contributed by atoms with Gasteiger partial charge in [-0.05, 0) is 34.9 Å². The minimum Gasteiger partial charge on any atom is -0.497 e. The lowest BCUT2D eigenvalue weighted by molar-refractivity contribution is 0.287. The molecule has 23 heavy (non-hydrogen) atoms. The summed E-state index contributed by atoms with van der Waals surface area (Å²) in [4.78, 5) is 10.8. The van der Waals surface area contributed by atoms with Crippen LogP contribution in [-0.2, 0) is 21.1 Å². The van der Waals surface area contributed by atoms with E-state index in [1.54, 1.807) is 20.8 Å². The number of nitrogens with zero attached hydrogens (tertiary/aromatic N) is 1. The Morgan fingerprint density at radius 2 is 1.78 bits per heavy atom.